The zero-order valence-electron chi connectivity index (χ0n) is 15.4. The van der Waals surface area contributed by atoms with Crippen LogP contribution in [-0.2, 0) is 6.42 Å². The van der Waals surface area contributed by atoms with Crippen molar-refractivity contribution in [3.63, 3.8) is 0 Å². The number of aryl methyl sites for hydroxylation is 3. The van der Waals surface area contributed by atoms with E-state index in [1.807, 2.05) is 24.0 Å². The van der Waals surface area contributed by atoms with Crippen LogP contribution in [0.25, 0.3) is 0 Å². The first kappa shape index (κ1) is 17.3. The van der Waals surface area contributed by atoms with E-state index < -0.39 is 0 Å². The standard InChI is InChI=1S/C21H27N3O/c1-4-18-10-7-9-17(3)20(18)22-21(25)24-14-12-23(13-15-24)19-11-6-5-8-16(19)2/h5-11H,4,12-15H2,1-3H3,(H,22,25). The number of carbonyl (C=O) groups excluding carboxylic acids is 1. The number of para-hydroxylation sites is 2. The summed E-state index contributed by atoms with van der Waals surface area (Å²) in [4.78, 5) is 17.0. The van der Waals surface area contributed by atoms with Gasteiger partial charge in [-0.2, -0.15) is 0 Å². The van der Waals surface area contributed by atoms with Crippen molar-refractivity contribution in [1.29, 1.82) is 0 Å². The molecule has 4 heteroatoms. The van der Waals surface area contributed by atoms with Gasteiger partial charge in [-0.25, -0.2) is 4.79 Å². The van der Waals surface area contributed by atoms with E-state index in [2.05, 4.69) is 54.4 Å². The summed E-state index contributed by atoms with van der Waals surface area (Å²) in [5.41, 5.74) is 5.83. The van der Waals surface area contributed by atoms with Crippen LogP contribution in [0.15, 0.2) is 42.5 Å². The molecular formula is C21H27N3O. The van der Waals surface area contributed by atoms with Gasteiger partial charge in [0.15, 0.2) is 0 Å². The van der Waals surface area contributed by atoms with Crippen LogP contribution < -0.4 is 10.2 Å². The first-order chi connectivity index (χ1) is 12.1. The second-order valence-electron chi connectivity index (χ2n) is 6.65. The van der Waals surface area contributed by atoms with Gasteiger partial charge in [-0.15, -0.1) is 0 Å². The highest BCUT2D eigenvalue weighted by atomic mass is 16.2. The second-order valence-corrected chi connectivity index (χ2v) is 6.65. The van der Waals surface area contributed by atoms with E-state index in [0.717, 1.165) is 43.9 Å². The molecule has 1 aliphatic rings. The van der Waals surface area contributed by atoms with Gasteiger partial charge in [-0.05, 0) is 43.0 Å². The third-order valence-corrected chi connectivity index (χ3v) is 4.99. The van der Waals surface area contributed by atoms with E-state index in [-0.39, 0.29) is 6.03 Å². The number of urea groups is 1. The van der Waals surface area contributed by atoms with E-state index >= 15 is 0 Å². The third-order valence-electron chi connectivity index (χ3n) is 4.99. The summed E-state index contributed by atoms with van der Waals surface area (Å²) in [6.45, 7) is 9.52. The monoisotopic (exact) mass is 337 g/mol. The third kappa shape index (κ3) is 3.78. The van der Waals surface area contributed by atoms with Gasteiger partial charge in [0.05, 0.1) is 0 Å². The Morgan fingerprint density at radius 1 is 0.960 bits per heavy atom. The minimum absolute atomic E-state index is 0.00781. The van der Waals surface area contributed by atoms with Crippen LogP contribution in [0.1, 0.15) is 23.6 Å². The number of piperazine rings is 1. The number of nitrogens with one attached hydrogen (secondary N) is 1. The molecule has 1 aliphatic heterocycles. The van der Waals surface area contributed by atoms with Crippen LogP contribution in [0.4, 0.5) is 16.2 Å². The lowest BCUT2D eigenvalue weighted by Gasteiger charge is -2.37. The van der Waals surface area contributed by atoms with Crippen LogP contribution in [0.5, 0.6) is 0 Å². The fraction of sp³-hybridized carbons (Fsp3) is 0.381. The highest BCUT2D eigenvalue weighted by Crippen LogP contribution is 2.23. The molecule has 0 unspecified atom stereocenters. The average molecular weight is 337 g/mol. The van der Waals surface area contributed by atoms with Crippen LogP contribution in [0.2, 0.25) is 0 Å². The predicted molar refractivity (Wildman–Crippen MR) is 105 cm³/mol. The highest BCUT2D eigenvalue weighted by Gasteiger charge is 2.22. The van der Waals surface area contributed by atoms with Crippen LogP contribution in [0, 0.1) is 13.8 Å². The quantitative estimate of drug-likeness (QED) is 0.910. The number of hydrogen-bond acceptors (Lipinski definition) is 2. The van der Waals surface area contributed by atoms with Crippen LogP contribution >= 0.6 is 0 Å². The van der Waals surface area contributed by atoms with Gasteiger partial charge in [0.1, 0.15) is 0 Å². The van der Waals surface area contributed by atoms with Gasteiger partial charge >= 0.3 is 6.03 Å². The molecule has 0 bridgehead atoms. The number of anilines is 2. The molecule has 2 aromatic rings. The van der Waals surface area contributed by atoms with Gasteiger partial charge < -0.3 is 15.1 Å². The molecule has 3 rings (SSSR count). The Bertz CT molecular complexity index is 749. The Balaban J connectivity index is 1.64. The maximum Gasteiger partial charge on any atom is 0.321 e. The molecule has 132 valence electrons. The van der Waals surface area contributed by atoms with Crippen molar-refractivity contribution in [2.24, 2.45) is 0 Å². The number of benzene rings is 2. The summed E-state index contributed by atoms with van der Waals surface area (Å²) in [6.07, 6.45) is 0.915. The number of carbonyl (C=O) groups is 1. The summed E-state index contributed by atoms with van der Waals surface area (Å²) < 4.78 is 0. The van der Waals surface area contributed by atoms with Crippen LogP contribution in [0.3, 0.4) is 0 Å². The molecule has 2 aromatic carbocycles. The predicted octanol–water partition coefficient (Wildman–Crippen LogP) is 4.22. The lowest BCUT2D eigenvalue weighted by atomic mass is 10.1. The van der Waals surface area contributed by atoms with Crippen molar-refractivity contribution in [3.05, 3.63) is 59.2 Å². The fourth-order valence-corrected chi connectivity index (χ4v) is 3.46. The van der Waals surface area contributed by atoms with Gasteiger partial charge in [0.2, 0.25) is 0 Å². The number of amides is 2. The first-order valence-corrected chi connectivity index (χ1v) is 9.05. The molecule has 1 saturated heterocycles. The molecule has 0 aromatic heterocycles. The summed E-state index contributed by atoms with van der Waals surface area (Å²) in [7, 11) is 0. The van der Waals surface area contributed by atoms with Gasteiger partial charge in [0, 0.05) is 37.6 Å². The largest absolute Gasteiger partial charge is 0.368 e. The lowest BCUT2D eigenvalue weighted by Crippen LogP contribution is -2.50. The molecule has 1 fully saturated rings. The molecular weight excluding hydrogens is 310 g/mol. The van der Waals surface area contributed by atoms with Gasteiger partial charge in [0.25, 0.3) is 0 Å². The number of nitrogens with zero attached hydrogens (tertiary/aromatic N) is 2. The van der Waals surface area contributed by atoms with Crippen molar-refractivity contribution >= 4 is 17.4 Å². The minimum atomic E-state index is 0.00781. The van der Waals surface area contributed by atoms with E-state index in [1.165, 1.54) is 16.8 Å². The molecule has 1 heterocycles. The molecule has 0 aliphatic carbocycles. The first-order valence-electron chi connectivity index (χ1n) is 9.05. The average Bonchev–Trinajstić information content (AvgIpc) is 2.64. The summed E-state index contributed by atoms with van der Waals surface area (Å²) in [6, 6.07) is 14.6. The van der Waals surface area contributed by atoms with E-state index in [4.69, 9.17) is 0 Å². The zero-order chi connectivity index (χ0) is 17.8. The molecule has 25 heavy (non-hydrogen) atoms. The lowest BCUT2D eigenvalue weighted by molar-refractivity contribution is 0.208. The van der Waals surface area contributed by atoms with Crippen molar-refractivity contribution in [1.82, 2.24) is 4.90 Å². The molecule has 1 N–H and O–H groups in total. The van der Waals surface area contributed by atoms with Crippen molar-refractivity contribution in [2.75, 3.05) is 36.4 Å². The maximum atomic E-state index is 12.7. The Labute approximate surface area is 150 Å². The second kappa shape index (κ2) is 7.60. The minimum Gasteiger partial charge on any atom is -0.368 e. The summed E-state index contributed by atoms with van der Waals surface area (Å²) >= 11 is 0. The van der Waals surface area contributed by atoms with E-state index in [1.54, 1.807) is 0 Å². The Morgan fingerprint density at radius 3 is 2.32 bits per heavy atom. The van der Waals surface area contributed by atoms with Crippen LogP contribution in [-0.4, -0.2) is 37.1 Å². The van der Waals surface area contributed by atoms with Crippen molar-refractivity contribution in [2.45, 2.75) is 27.2 Å². The summed E-state index contributed by atoms with van der Waals surface area (Å²) in [5, 5.41) is 3.13. The Morgan fingerprint density at radius 2 is 1.64 bits per heavy atom. The summed E-state index contributed by atoms with van der Waals surface area (Å²) in [5.74, 6) is 0. The maximum absolute atomic E-state index is 12.7. The number of rotatable bonds is 3. The van der Waals surface area contributed by atoms with Crippen molar-refractivity contribution < 1.29 is 4.79 Å². The molecule has 0 saturated carbocycles. The van der Waals surface area contributed by atoms with Gasteiger partial charge in [-0.3, -0.25) is 0 Å². The SMILES string of the molecule is CCc1cccc(C)c1NC(=O)N1CCN(c2ccccc2C)CC1. The smallest absolute Gasteiger partial charge is 0.321 e. The van der Waals surface area contributed by atoms with Crippen molar-refractivity contribution in [3.8, 4) is 0 Å². The van der Waals surface area contributed by atoms with E-state index in [0.29, 0.717) is 0 Å². The normalized spacial score (nSPS) is 14.5. The molecule has 0 radical (unpaired) electrons. The van der Waals surface area contributed by atoms with Gasteiger partial charge in [-0.1, -0.05) is 43.3 Å². The molecule has 0 spiro atoms. The zero-order valence-corrected chi connectivity index (χ0v) is 15.4. The number of hydrogen-bond donors (Lipinski definition) is 1. The Kier molecular flexibility index (Phi) is 5.27. The van der Waals surface area contributed by atoms with E-state index in [9.17, 15) is 4.79 Å². The molecule has 2 amide bonds. The Hall–Kier alpha value is -2.49. The molecule has 0 atom stereocenters. The fourth-order valence-electron chi connectivity index (χ4n) is 3.46. The topological polar surface area (TPSA) is 35.6 Å². The highest BCUT2D eigenvalue weighted by molar-refractivity contribution is 5.91. The molecule has 4 nitrogen and oxygen atoms in total.